The Bertz CT molecular complexity index is 225. The van der Waals surface area contributed by atoms with Crippen molar-refractivity contribution in [2.24, 2.45) is 0 Å². The number of aryl methyl sites for hydroxylation is 1. The Kier molecular flexibility index (Phi) is 3.39. The second-order valence-electron chi connectivity index (χ2n) is 2.14. The Hall–Kier alpha value is -0.540. The quantitative estimate of drug-likeness (QED) is 0.478. The van der Waals surface area contributed by atoms with Crippen molar-refractivity contribution >= 4 is 15.9 Å². The second-order valence-corrected chi connectivity index (χ2v) is 2.93. The highest BCUT2D eigenvalue weighted by Crippen LogP contribution is 2.17. The molecule has 1 aromatic carbocycles. The summed E-state index contributed by atoms with van der Waals surface area (Å²) in [5.74, 6) is 0.534. The van der Waals surface area contributed by atoms with Gasteiger partial charge in [0, 0.05) is 5.33 Å². The van der Waals surface area contributed by atoms with Crippen molar-refractivity contribution in [3.05, 3.63) is 29.8 Å². The van der Waals surface area contributed by atoms with E-state index in [4.69, 9.17) is 5.26 Å². The smallest absolute Gasteiger partial charge is 0.168 e. The van der Waals surface area contributed by atoms with Crippen LogP contribution in [0.2, 0.25) is 0 Å². The number of para-hydroxylation sites is 1. The summed E-state index contributed by atoms with van der Waals surface area (Å²) in [5.41, 5.74) is 1.01. The van der Waals surface area contributed by atoms with Crippen LogP contribution >= 0.6 is 15.9 Å². The van der Waals surface area contributed by atoms with Crippen molar-refractivity contribution in [1.29, 1.82) is 0 Å². The van der Waals surface area contributed by atoms with E-state index in [2.05, 4.69) is 20.8 Å². The van der Waals surface area contributed by atoms with Gasteiger partial charge in [0.1, 0.15) is 0 Å². The van der Waals surface area contributed by atoms with E-state index in [0.29, 0.717) is 5.75 Å². The predicted octanol–water partition coefficient (Wildman–Crippen LogP) is 2.48. The minimum Gasteiger partial charge on any atom is -0.340 e. The van der Waals surface area contributed by atoms with Gasteiger partial charge in [0.15, 0.2) is 5.75 Å². The predicted molar refractivity (Wildman–Crippen MR) is 47.2 cm³/mol. The van der Waals surface area contributed by atoms with Gasteiger partial charge in [-0.3, -0.25) is 0 Å². The lowest BCUT2D eigenvalue weighted by Gasteiger charge is -2.02. The van der Waals surface area contributed by atoms with Crippen molar-refractivity contribution in [3.8, 4) is 5.75 Å². The largest absolute Gasteiger partial charge is 0.340 e. The summed E-state index contributed by atoms with van der Waals surface area (Å²) in [7, 11) is 0. The number of hydrogen-bond donors (Lipinski definition) is 1. The normalized spacial score (nSPS) is 9.64. The molecule has 0 saturated heterocycles. The molecule has 0 fully saturated rings. The maximum absolute atomic E-state index is 8.43. The fraction of sp³-hybridized carbons (Fsp3) is 0.250. The number of rotatable bonds is 3. The molecule has 0 heterocycles. The van der Waals surface area contributed by atoms with Crippen LogP contribution in [0, 0.1) is 0 Å². The van der Waals surface area contributed by atoms with Crippen LogP contribution in [0.4, 0.5) is 0 Å². The monoisotopic (exact) mass is 216 g/mol. The lowest BCUT2D eigenvalue weighted by atomic mass is 10.1. The minimum atomic E-state index is 0.534. The third-order valence-electron chi connectivity index (χ3n) is 1.43. The average Bonchev–Trinajstić information content (AvgIpc) is 2.06. The van der Waals surface area contributed by atoms with E-state index in [-0.39, 0.29) is 0 Å². The Morgan fingerprint density at radius 1 is 1.36 bits per heavy atom. The van der Waals surface area contributed by atoms with Gasteiger partial charge in [-0.05, 0) is 18.1 Å². The molecule has 0 atom stereocenters. The zero-order chi connectivity index (χ0) is 8.10. The molecule has 0 spiro atoms. The number of benzene rings is 1. The van der Waals surface area contributed by atoms with Gasteiger partial charge in [-0.25, -0.2) is 5.26 Å². The third kappa shape index (κ3) is 2.20. The molecule has 0 aliphatic rings. The lowest BCUT2D eigenvalue weighted by molar-refractivity contribution is -0.138. The first-order chi connectivity index (χ1) is 5.38. The van der Waals surface area contributed by atoms with Crippen LogP contribution in [0.1, 0.15) is 5.56 Å². The third-order valence-corrected chi connectivity index (χ3v) is 1.83. The molecule has 0 aliphatic heterocycles. The van der Waals surface area contributed by atoms with Crippen molar-refractivity contribution in [3.63, 3.8) is 0 Å². The molecule has 0 aliphatic carbocycles. The van der Waals surface area contributed by atoms with Crippen LogP contribution in [0.15, 0.2) is 24.3 Å². The van der Waals surface area contributed by atoms with E-state index in [1.165, 1.54) is 0 Å². The van der Waals surface area contributed by atoms with Crippen molar-refractivity contribution in [2.75, 3.05) is 5.33 Å². The zero-order valence-electron chi connectivity index (χ0n) is 5.96. The van der Waals surface area contributed by atoms with Crippen LogP contribution in [0.3, 0.4) is 0 Å². The summed E-state index contributed by atoms with van der Waals surface area (Å²) < 4.78 is 0. The maximum Gasteiger partial charge on any atom is 0.168 e. The summed E-state index contributed by atoms with van der Waals surface area (Å²) in [6.07, 6.45) is 0.858. The number of hydrogen-bond acceptors (Lipinski definition) is 2. The molecule has 0 aromatic heterocycles. The van der Waals surface area contributed by atoms with Gasteiger partial charge < -0.3 is 4.89 Å². The molecule has 0 amide bonds. The van der Waals surface area contributed by atoms with E-state index in [9.17, 15) is 0 Å². The topological polar surface area (TPSA) is 29.5 Å². The van der Waals surface area contributed by atoms with Crippen LogP contribution in [0.5, 0.6) is 5.75 Å². The Labute approximate surface area is 73.9 Å². The van der Waals surface area contributed by atoms with Gasteiger partial charge in [0.25, 0.3) is 0 Å². The molecule has 1 N–H and O–H groups in total. The van der Waals surface area contributed by atoms with E-state index in [1.54, 1.807) is 6.07 Å². The molecule has 0 bridgehead atoms. The Morgan fingerprint density at radius 2 is 2.09 bits per heavy atom. The fourth-order valence-electron chi connectivity index (χ4n) is 0.901. The van der Waals surface area contributed by atoms with Gasteiger partial charge in [0.2, 0.25) is 0 Å². The molecular formula is C8H9BrO2. The van der Waals surface area contributed by atoms with Crippen LogP contribution in [0.25, 0.3) is 0 Å². The maximum atomic E-state index is 8.43. The van der Waals surface area contributed by atoms with Gasteiger partial charge in [-0.1, -0.05) is 34.1 Å². The Balaban J connectivity index is 2.83. The number of alkyl halides is 1. The Morgan fingerprint density at radius 3 is 2.73 bits per heavy atom. The van der Waals surface area contributed by atoms with E-state index < -0.39 is 0 Å². The van der Waals surface area contributed by atoms with Crippen LogP contribution in [-0.4, -0.2) is 10.6 Å². The molecule has 2 nitrogen and oxygen atoms in total. The van der Waals surface area contributed by atoms with Gasteiger partial charge in [-0.2, -0.15) is 0 Å². The summed E-state index contributed by atoms with van der Waals surface area (Å²) in [6, 6.07) is 7.40. The summed E-state index contributed by atoms with van der Waals surface area (Å²) in [6.45, 7) is 0. The molecule has 0 saturated carbocycles. The molecule has 1 aromatic rings. The van der Waals surface area contributed by atoms with E-state index >= 15 is 0 Å². The standard InChI is InChI=1S/C8H9BrO2/c9-6-5-7-3-1-2-4-8(7)11-10/h1-4,10H,5-6H2. The van der Waals surface area contributed by atoms with E-state index in [1.807, 2.05) is 18.2 Å². The molecular weight excluding hydrogens is 208 g/mol. The van der Waals surface area contributed by atoms with E-state index in [0.717, 1.165) is 17.3 Å². The fourth-order valence-corrected chi connectivity index (χ4v) is 1.33. The highest BCUT2D eigenvalue weighted by Gasteiger charge is 2.00. The first-order valence-corrected chi connectivity index (χ1v) is 4.46. The summed E-state index contributed by atoms with van der Waals surface area (Å²) in [4.78, 5) is 4.18. The van der Waals surface area contributed by atoms with Crippen LogP contribution in [-0.2, 0) is 6.42 Å². The first-order valence-electron chi connectivity index (χ1n) is 3.33. The van der Waals surface area contributed by atoms with Gasteiger partial charge in [0.05, 0.1) is 0 Å². The second kappa shape index (κ2) is 4.36. The highest BCUT2D eigenvalue weighted by molar-refractivity contribution is 9.09. The molecule has 0 radical (unpaired) electrons. The van der Waals surface area contributed by atoms with Crippen molar-refractivity contribution in [2.45, 2.75) is 6.42 Å². The molecule has 3 heteroatoms. The first kappa shape index (κ1) is 8.56. The van der Waals surface area contributed by atoms with Crippen LogP contribution < -0.4 is 4.89 Å². The number of halogens is 1. The molecule has 60 valence electrons. The highest BCUT2D eigenvalue weighted by atomic mass is 79.9. The molecule has 0 unspecified atom stereocenters. The van der Waals surface area contributed by atoms with Crippen molar-refractivity contribution in [1.82, 2.24) is 0 Å². The zero-order valence-corrected chi connectivity index (χ0v) is 7.54. The minimum absolute atomic E-state index is 0.534. The molecule has 1 rings (SSSR count). The summed E-state index contributed by atoms with van der Waals surface area (Å²) in [5, 5.41) is 9.30. The van der Waals surface area contributed by atoms with Crippen molar-refractivity contribution < 1.29 is 10.1 Å². The summed E-state index contributed by atoms with van der Waals surface area (Å²) >= 11 is 3.31. The lowest BCUT2D eigenvalue weighted by Crippen LogP contribution is -1.92. The van der Waals surface area contributed by atoms with Gasteiger partial charge in [-0.15, -0.1) is 0 Å². The average molecular weight is 217 g/mol. The molecule has 11 heavy (non-hydrogen) atoms. The SMILES string of the molecule is OOc1ccccc1CCBr. The van der Waals surface area contributed by atoms with Gasteiger partial charge >= 0.3 is 0 Å².